The SMILES string of the molecule is CC(C)COC(=O)c1ccc(N2C(=O)C(=O)/C(=C(\O)c3ccc(Cl)c(Cl)c3)C2c2cccs2)cc1. The summed E-state index contributed by atoms with van der Waals surface area (Å²) in [6, 6.07) is 13.4. The minimum absolute atomic E-state index is 0.0590. The lowest BCUT2D eigenvalue weighted by Crippen LogP contribution is -2.29. The van der Waals surface area contributed by atoms with Crippen LogP contribution in [0.4, 0.5) is 5.69 Å². The van der Waals surface area contributed by atoms with Gasteiger partial charge in [0.2, 0.25) is 0 Å². The average Bonchev–Trinajstić information content (AvgIpc) is 3.46. The van der Waals surface area contributed by atoms with Crippen molar-refractivity contribution in [1.29, 1.82) is 0 Å². The van der Waals surface area contributed by atoms with Gasteiger partial charge >= 0.3 is 5.97 Å². The number of halogens is 2. The second kappa shape index (κ2) is 10.2. The predicted octanol–water partition coefficient (Wildman–Crippen LogP) is 6.49. The van der Waals surface area contributed by atoms with E-state index in [0.29, 0.717) is 27.8 Å². The van der Waals surface area contributed by atoms with Crippen molar-refractivity contribution in [3.05, 3.63) is 91.6 Å². The van der Waals surface area contributed by atoms with Crippen LogP contribution in [0.15, 0.2) is 65.6 Å². The molecule has 1 saturated heterocycles. The Morgan fingerprint density at radius 1 is 1.06 bits per heavy atom. The van der Waals surface area contributed by atoms with E-state index < -0.39 is 23.7 Å². The topological polar surface area (TPSA) is 83.9 Å². The summed E-state index contributed by atoms with van der Waals surface area (Å²) in [6.07, 6.45) is 0. The molecule has 2 aromatic carbocycles. The number of Topliss-reactive ketones (excluding diaryl/α,β-unsaturated/α-hetero) is 1. The fourth-order valence-electron chi connectivity index (χ4n) is 3.70. The third-order valence-electron chi connectivity index (χ3n) is 5.38. The fourth-order valence-corrected chi connectivity index (χ4v) is 4.82. The van der Waals surface area contributed by atoms with Gasteiger partial charge in [-0.3, -0.25) is 14.5 Å². The first-order valence-electron chi connectivity index (χ1n) is 10.8. The minimum atomic E-state index is -0.858. The van der Waals surface area contributed by atoms with Crippen molar-refractivity contribution in [3.63, 3.8) is 0 Å². The van der Waals surface area contributed by atoms with Crippen LogP contribution in [-0.4, -0.2) is 29.4 Å². The Labute approximate surface area is 216 Å². The van der Waals surface area contributed by atoms with E-state index in [-0.39, 0.29) is 27.8 Å². The first kappa shape index (κ1) is 25.0. The van der Waals surface area contributed by atoms with Gasteiger partial charge in [0.05, 0.1) is 27.8 Å². The summed E-state index contributed by atoms with van der Waals surface area (Å²) in [6.45, 7) is 4.17. The normalized spacial score (nSPS) is 17.3. The van der Waals surface area contributed by atoms with Gasteiger partial charge in [-0.15, -0.1) is 11.3 Å². The number of carbonyl (C=O) groups excluding carboxylic acids is 3. The Hall–Kier alpha value is -3.13. The lowest BCUT2D eigenvalue weighted by molar-refractivity contribution is -0.132. The number of hydrogen-bond donors (Lipinski definition) is 1. The lowest BCUT2D eigenvalue weighted by atomic mass is 9.99. The minimum Gasteiger partial charge on any atom is -0.507 e. The molecule has 1 amide bonds. The molecular weight excluding hydrogens is 509 g/mol. The Morgan fingerprint density at radius 2 is 1.74 bits per heavy atom. The molecule has 1 atom stereocenters. The van der Waals surface area contributed by atoms with Crippen LogP contribution in [0.2, 0.25) is 10.0 Å². The number of rotatable bonds is 6. The molecule has 2 heterocycles. The second-order valence-corrected chi connectivity index (χ2v) is 10.1. The Kier molecular flexibility index (Phi) is 7.31. The summed E-state index contributed by atoms with van der Waals surface area (Å²) in [5, 5.41) is 13.4. The van der Waals surface area contributed by atoms with E-state index in [1.807, 2.05) is 19.2 Å². The molecule has 0 spiro atoms. The van der Waals surface area contributed by atoms with Crippen LogP contribution in [0.5, 0.6) is 0 Å². The van der Waals surface area contributed by atoms with Gasteiger partial charge in [-0.2, -0.15) is 0 Å². The van der Waals surface area contributed by atoms with Gasteiger partial charge in [-0.25, -0.2) is 4.79 Å². The maximum atomic E-state index is 13.2. The number of amides is 1. The van der Waals surface area contributed by atoms with Crippen LogP contribution in [0.1, 0.15) is 40.7 Å². The van der Waals surface area contributed by atoms with Crippen LogP contribution in [0.3, 0.4) is 0 Å². The van der Waals surface area contributed by atoms with Gasteiger partial charge in [0.15, 0.2) is 0 Å². The molecule has 1 N–H and O–H groups in total. The van der Waals surface area contributed by atoms with Crippen molar-refractivity contribution in [1.82, 2.24) is 0 Å². The van der Waals surface area contributed by atoms with E-state index in [0.717, 1.165) is 0 Å². The number of ether oxygens (including phenoxy) is 1. The maximum absolute atomic E-state index is 13.2. The number of aliphatic hydroxyl groups excluding tert-OH is 1. The van der Waals surface area contributed by atoms with Crippen LogP contribution < -0.4 is 4.90 Å². The van der Waals surface area contributed by atoms with Gasteiger partial charge < -0.3 is 9.84 Å². The second-order valence-electron chi connectivity index (χ2n) is 8.35. The molecule has 4 rings (SSSR count). The van der Waals surface area contributed by atoms with Crippen LogP contribution in [0, 0.1) is 5.92 Å². The number of anilines is 1. The fraction of sp³-hybridized carbons (Fsp3) is 0.192. The number of hydrogen-bond acceptors (Lipinski definition) is 6. The van der Waals surface area contributed by atoms with Crippen LogP contribution in [0.25, 0.3) is 5.76 Å². The first-order chi connectivity index (χ1) is 16.7. The highest BCUT2D eigenvalue weighted by Gasteiger charge is 2.47. The molecule has 0 aliphatic carbocycles. The smallest absolute Gasteiger partial charge is 0.338 e. The maximum Gasteiger partial charge on any atom is 0.338 e. The molecule has 0 saturated carbocycles. The van der Waals surface area contributed by atoms with Crippen LogP contribution in [-0.2, 0) is 14.3 Å². The number of esters is 1. The van der Waals surface area contributed by atoms with E-state index in [4.69, 9.17) is 27.9 Å². The molecule has 1 unspecified atom stereocenters. The van der Waals surface area contributed by atoms with Gasteiger partial charge in [0, 0.05) is 16.1 Å². The van der Waals surface area contributed by atoms with E-state index >= 15 is 0 Å². The van der Waals surface area contributed by atoms with Crippen molar-refractivity contribution >= 4 is 63.6 Å². The van der Waals surface area contributed by atoms with E-state index in [1.54, 1.807) is 36.4 Å². The zero-order chi connectivity index (χ0) is 25.3. The van der Waals surface area contributed by atoms with Crippen LogP contribution >= 0.6 is 34.5 Å². The summed E-state index contributed by atoms with van der Waals surface area (Å²) in [5.41, 5.74) is 0.937. The number of carbonyl (C=O) groups is 3. The summed E-state index contributed by atoms with van der Waals surface area (Å²) in [4.78, 5) is 40.6. The van der Waals surface area contributed by atoms with Gasteiger partial charge in [-0.05, 0) is 59.8 Å². The number of ketones is 1. The molecule has 3 aromatic rings. The molecule has 9 heteroatoms. The summed E-state index contributed by atoms with van der Waals surface area (Å²) in [7, 11) is 0. The summed E-state index contributed by atoms with van der Waals surface area (Å²) in [5.74, 6) is -2.24. The highest BCUT2D eigenvalue weighted by molar-refractivity contribution is 7.10. The number of nitrogens with zero attached hydrogens (tertiary/aromatic N) is 1. The molecule has 0 radical (unpaired) electrons. The molecular formula is C26H21Cl2NO5S. The molecule has 1 aliphatic heterocycles. The lowest BCUT2D eigenvalue weighted by Gasteiger charge is -2.24. The molecule has 1 aliphatic rings. The summed E-state index contributed by atoms with van der Waals surface area (Å²) < 4.78 is 5.26. The average molecular weight is 530 g/mol. The monoisotopic (exact) mass is 529 g/mol. The molecule has 6 nitrogen and oxygen atoms in total. The quantitative estimate of drug-likeness (QED) is 0.170. The predicted molar refractivity (Wildman–Crippen MR) is 137 cm³/mol. The Balaban J connectivity index is 1.76. The van der Waals surface area contributed by atoms with Crippen molar-refractivity contribution in [2.75, 3.05) is 11.5 Å². The van der Waals surface area contributed by atoms with Crippen molar-refractivity contribution in [2.45, 2.75) is 19.9 Å². The standard InChI is InChI=1S/C26H21Cl2NO5S/c1-14(2)13-34-26(33)15-5-8-17(9-6-15)29-22(20-4-3-11-35-20)21(24(31)25(29)32)23(30)16-7-10-18(27)19(28)12-16/h3-12,14,22,30H,13H2,1-2H3/b23-21-. The Bertz CT molecular complexity index is 1320. The molecule has 35 heavy (non-hydrogen) atoms. The largest absolute Gasteiger partial charge is 0.507 e. The Morgan fingerprint density at radius 3 is 2.34 bits per heavy atom. The highest BCUT2D eigenvalue weighted by atomic mass is 35.5. The number of aliphatic hydroxyl groups is 1. The van der Waals surface area contributed by atoms with Crippen molar-refractivity contribution in [2.24, 2.45) is 5.92 Å². The number of thiophene rings is 1. The van der Waals surface area contributed by atoms with Gasteiger partial charge in [0.1, 0.15) is 11.8 Å². The highest BCUT2D eigenvalue weighted by Crippen LogP contribution is 2.44. The molecule has 0 bridgehead atoms. The zero-order valence-corrected chi connectivity index (χ0v) is 21.2. The summed E-state index contributed by atoms with van der Waals surface area (Å²) >= 11 is 13.4. The molecule has 1 aromatic heterocycles. The number of benzene rings is 2. The third-order valence-corrected chi connectivity index (χ3v) is 7.04. The van der Waals surface area contributed by atoms with Crippen molar-refractivity contribution < 1.29 is 24.2 Å². The third kappa shape index (κ3) is 4.98. The zero-order valence-electron chi connectivity index (χ0n) is 18.8. The van der Waals surface area contributed by atoms with Crippen molar-refractivity contribution in [3.8, 4) is 0 Å². The molecule has 1 fully saturated rings. The van der Waals surface area contributed by atoms with E-state index in [1.165, 1.54) is 34.4 Å². The van der Waals surface area contributed by atoms with E-state index in [2.05, 4.69) is 0 Å². The molecule has 180 valence electrons. The van der Waals surface area contributed by atoms with Gasteiger partial charge in [-0.1, -0.05) is 43.1 Å². The van der Waals surface area contributed by atoms with E-state index in [9.17, 15) is 19.5 Å². The first-order valence-corrected chi connectivity index (χ1v) is 12.4. The van der Waals surface area contributed by atoms with Gasteiger partial charge in [0.25, 0.3) is 11.7 Å².